The molecule has 6 nitrogen and oxygen atoms in total. The van der Waals surface area contributed by atoms with E-state index in [1.165, 1.54) is 23.1 Å². The Morgan fingerprint density at radius 1 is 1.40 bits per heavy atom. The molecule has 9 heteroatoms. The summed E-state index contributed by atoms with van der Waals surface area (Å²) in [4.78, 5) is 12.5. The summed E-state index contributed by atoms with van der Waals surface area (Å²) in [6.45, 7) is 0. The maximum absolute atomic E-state index is 11.4. The standard InChI is InChI=1S/C11H17N3O3S3/c1-18-9-7(12)8(10(13)15)19-11(9)14-6-2-4-20(16,17)5-3-6/h6,14H,2-5,12H2,1H3,(H2,13,15). The average Bonchev–Trinajstić information content (AvgIpc) is 2.68. The first-order valence-corrected chi connectivity index (χ1v) is 9.93. The second-order valence-electron chi connectivity index (χ2n) is 4.64. The first-order valence-electron chi connectivity index (χ1n) is 6.07. The van der Waals surface area contributed by atoms with Crippen LogP contribution in [0.15, 0.2) is 4.90 Å². The third-order valence-corrected chi connectivity index (χ3v) is 7.05. The van der Waals surface area contributed by atoms with Crippen molar-refractivity contribution in [3.05, 3.63) is 4.88 Å². The molecule has 1 aromatic heterocycles. The lowest BCUT2D eigenvalue weighted by Crippen LogP contribution is -2.31. The van der Waals surface area contributed by atoms with Gasteiger partial charge in [0.15, 0.2) is 0 Å². The molecule has 1 aliphatic rings. The molecule has 5 N–H and O–H groups in total. The van der Waals surface area contributed by atoms with Crippen LogP contribution < -0.4 is 16.8 Å². The Hall–Kier alpha value is -0.930. The Morgan fingerprint density at radius 3 is 2.50 bits per heavy atom. The quantitative estimate of drug-likeness (QED) is 0.711. The second-order valence-corrected chi connectivity index (χ2v) is 8.78. The smallest absolute Gasteiger partial charge is 0.261 e. The van der Waals surface area contributed by atoms with Gasteiger partial charge in [0.25, 0.3) is 5.91 Å². The van der Waals surface area contributed by atoms with E-state index in [4.69, 9.17) is 11.5 Å². The summed E-state index contributed by atoms with van der Waals surface area (Å²) in [5.74, 6) is -0.145. The zero-order valence-electron chi connectivity index (χ0n) is 11.0. The van der Waals surface area contributed by atoms with E-state index in [-0.39, 0.29) is 17.5 Å². The second kappa shape index (κ2) is 5.82. The van der Waals surface area contributed by atoms with Crippen LogP contribution in [0, 0.1) is 0 Å². The minimum Gasteiger partial charge on any atom is -0.396 e. The third kappa shape index (κ3) is 3.21. The predicted molar refractivity (Wildman–Crippen MR) is 84.3 cm³/mol. The summed E-state index contributed by atoms with van der Waals surface area (Å²) >= 11 is 2.68. The molecule has 2 heterocycles. The summed E-state index contributed by atoms with van der Waals surface area (Å²) in [6, 6.07) is 0.0863. The van der Waals surface area contributed by atoms with Crippen LogP contribution in [-0.2, 0) is 9.84 Å². The van der Waals surface area contributed by atoms with Crippen molar-refractivity contribution in [1.82, 2.24) is 0 Å². The maximum Gasteiger partial charge on any atom is 0.261 e. The lowest BCUT2D eigenvalue weighted by Gasteiger charge is -2.23. The van der Waals surface area contributed by atoms with Gasteiger partial charge in [0.1, 0.15) is 19.7 Å². The number of sulfone groups is 1. The van der Waals surface area contributed by atoms with Crippen LogP contribution in [-0.4, -0.2) is 38.1 Å². The number of carbonyl (C=O) groups excluding carboxylic acids is 1. The zero-order chi connectivity index (χ0) is 14.9. The molecule has 1 aromatic rings. The molecule has 1 amide bonds. The number of hydrogen-bond acceptors (Lipinski definition) is 7. The molecule has 0 unspecified atom stereocenters. The van der Waals surface area contributed by atoms with Crippen LogP contribution >= 0.6 is 23.1 Å². The molecule has 0 radical (unpaired) electrons. The van der Waals surface area contributed by atoms with E-state index in [0.717, 1.165) is 9.90 Å². The molecule has 1 saturated heterocycles. The Kier molecular flexibility index (Phi) is 4.50. The van der Waals surface area contributed by atoms with Gasteiger partial charge in [-0.2, -0.15) is 0 Å². The average molecular weight is 335 g/mol. The fourth-order valence-electron chi connectivity index (χ4n) is 2.13. The van der Waals surface area contributed by atoms with Crippen molar-refractivity contribution in [2.75, 3.05) is 28.8 Å². The highest BCUT2D eigenvalue weighted by Gasteiger charge is 2.26. The van der Waals surface area contributed by atoms with Crippen molar-refractivity contribution in [1.29, 1.82) is 0 Å². The molecule has 2 rings (SSSR count). The molecule has 0 aliphatic carbocycles. The van der Waals surface area contributed by atoms with Crippen molar-refractivity contribution in [2.45, 2.75) is 23.8 Å². The monoisotopic (exact) mass is 335 g/mol. The Labute approximate surface area is 126 Å². The molecule has 0 atom stereocenters. The van der Waals surface area contributed by atoms with Gasteiger partial charge in [0.05, 0.1) is 22.1 Å². The van der Waals surface area contributed by atoms with Crippen LogP contribution in [0.2, 0.25) is 0 Å². The van der Waals surface area contributed by atoms with Gasteiger partial charge in [0.2, 0.25) is 0 Å². The van der Waals surface area contributed by atoms with Crippen LogP contribution in [0.3, 0.4) is 0 Å². The van der Waals surface area contributed by atoms with Crippen molar-refractivity contribution in [2.24, 2.45) is 5.73 Å². The molecular formula is C11H17N3O3S3. The van der Waals surface area contributed by atoms with Gasteiger partial charge in [-0.15, -0.1) is 23.1 Å². The van der Waals surface area contributed by atoms with Crippen LogP contribution in [0.4, 0.5) is 10.7 Å². The van der Waals surface area contributed by atoms with E-state index < -0.39 is 15.7 Å². The van der Waals surface area contributed by atoms with E-state index in [0.29, 0.717) is 23.4 Å². The van der Waals surface area contributed by atoms with Crippen molar-refractivity contribution in [3.63, 3.8) is 0 Å². The van der Waals surface area contributed by atoms with Gasteiger partial charge in [-0.3, -0.25) is 4.79 Å². The Bertz CT molecular complexity index is 610. The lowest BCUT2D eigenvalue weighted by molar-refractivity contribution is 0.100. The fourth-order valence-corrected chi connectivity index (χ4v) is 5.57. The van der Waals surface area contributed by atoms with E-state index in [1.54, 1.807) is 0 Å². The number of hydrogen-bond donors (Lipinski definition) is 3. The highest BCUT2D eigenvalue weighted by atomic mass is 32.2. The number of rotatable bonds is 4. The maximum atomic E-state index is 11.4. The first-order chi connectivity index (χ1) is 9.34. The summed E-state index contributed by atoms with van der Waals surface area (Å²) in [5.41, 5.74) is 11.6. The number of carbonyl (C=O) groups is 1. The molecular weight excluding hydrogens is 318 g/mol. The summed E-state index contributed by atoms with van der Waals surface area (Å²) in [6.07, 6.45) is 3.01. The lowest BCUT2D eigenvalue weighted by atomic mass is 10.1. The number of nitrogens with one attached hydrogen (secondary N) is 1. The SMILES string of the molecule is CSc1c(NC2CCS(=O)(=O)CC2)sc(C(N)=O)c1N. The van der Waals surface area contributed by atoms with Crippen LogP contribution in [0.5, 0.6) is 0 Å². The summed E-state index contributed by atoms with van der Waals surface area (Å²) in [7, 11) is -2.88. The molecule has 0 bridgehead atoms. The first kappa shape index (κ1) is 15.5. The minimum absolute atomic E-state index is 0.0863. The number of primary amides is 1. The van der Waals surface area contributed by atoms with E-state index in [2.05, 4.69) is 5.32 Å². The molecule has 1 aliphatic heterocycles. The number of amides is 1. The molecule has 0 spiro atoms. The normalized spacial score (nSPS) is 18.9. The molecule has 0 saturated carbocycles. The molecule has 112 valence electrons. The Balaban J connectivity index is 2.17. The van der Waals surface area contributed by atoms with Gasteiger partial charge >= 0.3 is 0 Å². The van der Waals surface area contributed by atoms with Crippen molar-refractivity contribution in [3.8, 4) is 0 Å². The van der Waals surface area contributed by atoms with Gasteiger partial charge in [0, 0.05) is 6.04 Å². The molecule has 1 fully saturated rings. The van der Waals surface area contributed by atoms with Gasteiger partial charge in [-0.05, 0) is 19.1 Å². The van der Waals surface area contributed by atoms with Crippen LogP contribution in [0.1, 0.15) is 22.5 Å². The van der Waals surface area contributed by atoms with Gasteiger partial charge in [-0.1, -0.05) is 0 Å². The highest BCUT2D eigenvalue weighted by molar-refractivity contribution is 7.99. The van der Waals surface area contributed by atoms with Crippen molar-refractivity contribution < 1.29 is 13.2 Å². The van der Waals surface area contributed by atoms with E-state index in [1.807, 2.05) is 6.26 Å². The van der Waals surface area contributed by atoms with Crippen LogP contribution in [0.25, 0.3) is 0 Å². The zero-order valence-corrected chi connectivity index (χ0v) is 13.5. The largest absolute Gasteiger partial charge is 0.396 e. The van der Waals surface area contributed by atoms with Crippen molar-refractivity contribution >= 4 is 49.5 Å². The van der Waals surface area contributed by atoms with Gasteiger partial charge < -0.3 is 16.8 Å². The van der Waals surface area contributed by atoms with E-state index >= 15 is 0 Å². The number of thioether (sulfide) groups is 1. The predicted octanol–water partition coefficient (Wildman–Crippen LogP) is 1.14. The molecule has 0 aromatic carbocycles. The van der Waals surface area contributed by atoms with Gasteiger partial charge in [-0.25, -0.2) is 8.42 Å². The summed E-state index contributed by atoms with van der Waals surface area (Å²) < 4.78 is 22.8. The number of nitrogens with two attached hydrogens (primary N) is 2. The topological polar surface area (TPSA) is 115 Å². The third-order valence-electron chi connectivity index (χ3n) is 3.22. The molecule has 20 heavy (non-hydrogen) atoms. The number of nitrogen functional groups attached to an aromatic ring is 1. The fraction of sp³-hybridized carbons (Fsp3) is 0.545. The Morgan fingerprint density at radius 2 is 2.00 bits per heavy atom. The highest BCUT2D eigenvalue weighted by Crippen LogP contribution is 2.42. The minimum atomic E-state index is -2.88. The van der Waals surface area contributed by atoms with E-state index in [9.17, 15) is 13.2 Å². The number of anilines is 2. The number of thiophene rings is 1. The summed E-state index contributed by atoms with van der Waals surface area (Å²) in [5, 5.41) is 4.10.